The van der Waals surface area contributed by atoms with E-state index in [0.29, 0.717) is 13.0 Å². The zero-order chi connectivity index (χ0) is 18.5. The molecule has 4 rings (SSSR count). The zero-order valence-electron chi connectivity index (χ0n) is 15.2. The van der Waals surface area contributed by atoms with Crippen LogP contribution in [0.5, 0.6) is 17.2 Å². The summed E-state index contributed by atoms with van der Waals surface area (Å²) in [6.45, 7) is 0.978. The predicted molar refractivity (Wildman–Crippen MR) is 96.6 cm³/mol. The minimum absolute atomic E-state index is 0.107. The second kappa shape index (κ2) is 8.28. The Morgan fingerprint density at radius 3 is 2.89 bits per heavy atom. The minimum atomic E-state index is 0.107. The maximum absolute atomic E-state index is 12.1. The summed E-state index contributed by atoms with van der Waals surface area (Å²) in [5.41, 5.74) is 0. The highest BCUT2D eigenvalue weighted by molar-refractivity contribution is 5.76. The quantitative estimate of drug-likeness (QED) is 0.802. The van der Waals surface area contributed by atoms with Crippen LogP contribution in [0.4, 0.5) is 0 Å². The molecule has 1 saturated carbocycles. The Balaban J connectivity index is 1.16. The van der Waals surface area contributed by atoms with Crippen LogP contribution in [0.1, 0.15) is 38.5 Å². The fraction of sp³-hybridized carbons (Fsp3) is 0.526. The Kier molecular flexibility index (Phi) is 5.41. The smallest absolute Gasteiger partial charge is 0.231 e. The van der Waals surface area contributed by atoms with Crippen molar-refractivity contribution in [2.24, 2.45) is 0 Å². The topological polar surface area (TPSA) is 87.5 Å². The fourth-order valence-corrected chi connectivity index (χ4v) is 3.52. The third-order valence-electron chi connectivity index (χ3n) is 4.94. The molecule has 2 heterocycles. The molecule has 2 aliphatic rings. The molecule has 144 valence electrons. The maximum atomic E-state index is 12.1. The van der Waals surface area contributed by atoms with Crippen molar-refractivity contribution in [2.45, 2.75) is 57.2 Å². The lowest BCUT2D eigenvalue weighted by Gasteiger charge is -2.29. The molecule has 0 radical (unpaired) electrons. The van der Waals surface area contributed by atoms with Gasteiger partial charge in [0.25, 0.3) is 0 Å². The second-order valence-electron chi connectivity index (χ2n) is 6.94. The van der Waals surface area contributed by atoms with E-state index in [1.54, 1.807) is 11.0 Å². The number of carbonyl (C=O) groups is 1. The Bertz CT molecular complexity index is 757. The summed E-state index contributed by atoms with van der Waals surface area (Å²) < 4.78 is 18.5. The van der Waals surface area contributed by atoms with Crippen LogP contribution in [-0.2, 0) is 11.3 Å². The van der Waals surface area contributed by atoms with Crippen molar-refractivity contribution >= 4 is 5.91 Å². The van der Waals surface area contributed by atoms with Gasteiger partial charge in [0.05, 0.1) is 6.10 Å². The number of ether oxygens (including phenoxy) is 3. The van der Waals surface area contributed by atoms with Crippen molar-refractivity contribution in [3.8, 4) is 17.2 Å². The first-order valence-electron chi connectivity index (χ1n) is 9.44. The van der Waals surface area contributed by atoms with Crippen LogP contribution in [0.3, 0.4) is 0 Å². The average Bonchev–Trinajstić information content (AvgIpc) is 3.34. The van der Waals surface area contributed by atoms with Gasteiger partial charge in [0.15, 0.2) is 11.5 Å². The van der Waals surface area contributed by atoms with Crippen molar-refractivity contribution in [3.63, 3.8) is 0 Å². The van der Waals surface area contributed by atoms with E-state index in [-0.39, 0.29) is 24.8 Å². The van der Waals surface area contributed by atoms with E-state index in [4.69, 9.17) is 14.2 Å². The van der Waals surface area contributed by atoms with Crippen LogP contribution < -0.4 is 19.5 Å². The molecule has 2 aromatic rings. The maximum Gasteiger partial charge on any atom is 0.231 e. The van der Waals surface area contributed by atoms with Gasteiger partial charge in [0.2, 0.25) is 12.7 Å². The molecule has 1 N–H and O–H groups in total. The molecule has 8 nitrogen and oxygen atoms in total. The molecule has 1 aliphatic heterocycles. The van der Waals surface area contributed by atoms with Gasteiger partial charge in [0.1, 0.15) is 18.4 Å². The molecule has 0 unspecified atom stereocenters. The summed E-state index contributed by atoms with van der Waals surface area (Å²) in [6, 6.07) is 5.91. The van der Waals surface area contributed by atoms with Gasteiger partial charge in [0, 0.05) is 25.1 Å². The molecular formula is C19H24N4O4. The lowest BCUT2D eigenvalue weighted by Crippen LogP contribution is -2.39. The summed E-state index contributed by atoms with van der Waals surface area (Å²) in [7, 11) is 0. The number of aryl methyl sites for hydroxylation is 1. The van der Waals surface area contributed by atoms with E-state index in [1.165, 1.54) is 6.33 Å². The SMILES string of the molecule is O=C(CCCn1cncn1)NC1CCC(Oc2ccc3c(c2)OCO3)CC1. The molecule has 27 heavy (non-hydrogen) atoms. The minimum Gasteiger partial charge on any atom is -0.490 e. The van der Waals surface area contributed by atoms with Crippen molar-refractivity contribution in [3.05, 3.63) is 30.9 Å². The lowest BCUT2D eigenvalue weighted by molar-refractivity contribution is -0.122. The number of carbonyl (C=O) groups excluding carboxylic acids is 1. The number of nitrogens with zero attached hydrogens (tertiary/aromatic N) is 3. The number of benzene rings is 1. The summed E-state index contributed by atoms with van der Waals surface area (Å²) in [6.07, 6.45) is 8.34. The normalized spacial score (nSPS) is 21.0. The molecule has 1 aromatic heterocycles. The molecule has 1 amide bonds. The predicted octanol–water partition coefficient (Wildman–Crippen LogP) is 2.29. The van der Waals surface area contributed by atoms with Gasteiger partial charge >= 0.3 is 0 Å². The van der Waals surface area contributed by atoms with E-state index in [0.717, 1.165) is 49.4 Å². The van der Waals surface area contributed by atoms with Gasteiger partial charge < -0.3 is 19.5 Å². The molecular weight excluding hydrogens is 348 g/mol. The molecule has 1 aromatic carbocycles. The van der Waals surface area contributed by atoms with E-state index in [2.05, 4.69) is 15.4 Å². The van der Waals surface area contributed by atoms with Gasteiger partial charge in [-0.3, -0.25) is 9.48 Å². The summed E-state index contributed by atoms with van der Waals surface area (Å²) in [4.78, 5) is 16.0. The van der Waals surface area contributed by atoms with Gasteiger partial charge in [-0.1, -0.05) is 0 Å². The number of aromatic nitrogens is 3. The van der Waals surface area contributed by atoms with E-state index < -0.39 is 0 Å². The van der Waals surface area contributed by atoms with Gasteiger partial charge in [-0.2, -0.15) is 5.10 Å². The van der Waals surface area contributed by atoms with E-state index in [1.807, 2.05) is 18.2 Å². The van der Waals surface area contributed by atoms with Gasteiger partial charge in [-0.25, -0.2) is 4.98 Å². The number of rotatable bonds is 7. The fourth-order valence-electron chi connectivity index (χ4n) is 3.52. The highest BCUT2D eigenvalue weighted by Gasteiger charge is 2.24. The van der Waals surface area contributed by atoms with Crippen LogP contribution in [0.15, 0.2) is 30.9 Å². The largest absolute Gasteiger partial charge is 0.490 e. The van der Waals surface area contributed by atoms with Crippen molar-refractivity contribution in [1.82, 2.24) is 20.1 Å². The Hall–Kier alpha value is -2.77. The van der Waals surface area contributed by atoms with Crippen LogP contribution in [-0.4, -0.2) is 39.6 Å². The van der Waals surface area contributed by atoms with Crippen LogP contribution in [0, 0.1) is 0 Å². The molecule has 0 atom stereocenters. The van der Waals surface area contributed by atoms with Crippen LogP contribution in [0.25, 0.3) is 0 Å². The first-order valence-corrected chi connectivity index (χ1v) is 9.44. The second-order valence-corrected chi connectivity index (χ2v) is 6.94. The molecule has 1 aliphatic carbocycles. The molecule has 0 bridgehead atoms. The highest BCUT2D eigenvalue weighted by atomic mass is 16.7. The number of hydrogen-bond donors (Lipinski definition) is 1. The Morgan fingerprint density at radius 2 is 2.07 bits per heavy atom. The standard InChI is InChI=1S/C19H24N4O4/c24-19(2-1-9-23-12-20-11-21-23)22-14-3-5-15(6-4-14)27-16-7-8-17-18(10-16)26-13-25-17/h7-8,10-12,14-15H,1-6,9,13H2,(H,22,24). The Morgan fingerprint density at radius 1 is 1.22 bits per heavy atom. The number of amides is 1. The zero-order valence-corrected chi connectivity index (χ0v) is 15.2. The van der Waals surface area contributed by atoms with Gasteiger partial charge in [-0.15, -0.1) is 0 Å². The molecule has 8 heteroatoms. The highest BCUT2D eigenvalue weighted by Crippen LogP contribution is 2.36. The number of fused-ring (bicyclic) bond motifs is 1. The molecule has 0 spiro atoms. The number of hydrogen-bond acceptors (Lipinski definition) is 6. The lowest BCUT2D eigenvalue weighted by atomic mass is 9.92. The van der Waals surface area contributed by atoms with E-state index >= 15 is 0 Å². The molecule has 1 fully saturated rings. The third kappa shape index (κ3) is 4.69. The van der Waals surface area contributed by atoms with E-state index in [9.17, 15) is 4.79 Å². The third-order valence-corrected chi connectivity index (χ3v) is 4.94. The van der Waals surface area contributed by atoms with Crippen molar-refractivity contribution in [2.75, 3.05) is 6.79 Å². The number of nitrogens with one attached hydrogen (secondary N) is 1. The summed E-state index contributed by atoms with van der Waals surface area (Å²) in [5, 5.41) is 7.18. The van der Waals surface area contributed by atoms with Crippen molar-refractivity contribution in [1.29, 1.82) is 0 Å². The monoisotopic (exact) mass is 372 g/mol. The first kappa shape index (κ1) is 17.6. The molecule has 0 saturated heterocycles. The first-order chi connectivity index (χ1) is 13.3. The average molecular weight is 372 g/mol. The van der Waals surface area contributed by atoms with Crippen LogP contribution in [0.2, 0.25) is 0 Å². The summed E-state index contributed by atoms with van der Waals surface area (Å²) in [5.74, 6) is 2.41. The van der Waals surface area contributed by atoms with Gasteiger partial charge in [-0.05, 0) is 44.2 Å². The van der Waals surface area contributed by atoms with Crippen LogP contribution >= 0.6 is 0 Å². The van der Waals surface area contributed by atoms with Crippen molar-refractivity contribution < 1.29 is 19.0 Å². The Labute approximate surface area is 157 Å². The summed E-state index contributed by atoms with van der Waals surface area (Å²) >= 11 is 0.